The third kappa shape index (κ3) is 4.45. The molecule has 1 heteroatoms. The van der Waals surface area contributed by atoms with E-state index in [-0.39, 0.29) is 0 Å². The van der Waals surface area contributed by atoms with E-state index in [2.05, 4.69) is 36.5 Å². The molecule has 0 radical (unpaired) electrons. The quantitative estimate of drug-likeness (QED) is 0.748. The van der Waals surface area contributed by atoms with E-state index in [0.29, 0.717) is 0 Å². The third-order valence-corrected chi connectivity index (χ3v) is 4.18. The van der Waals surface area contributed by atoms with Crippen molar-refractivity contribution < 1.29 is 0 Å². The standard InChI is InChI=1S/C17H27N/c1-2-15-8-10-16(11-9-15)12-13-18-14-17-6-4-3-5-7-17/h8-11,17-18H,2-7,12-14H2,1H3. The molecule has 0 saturated heterocycles. The molecule has 1 fully saturated rings. The van der Waals surface area contributed by atoms with Crippen molar-refractivity contribution in [3.8, 4) is 0 Å². The van der Waals surface area contributed by atoms with Crippen LogP contribution in [0.4, 0.5) is 0 Å². The summed E-state index contributed by atoms with van der Waals surface area (Å²) in [7, 11) is 0. The Morgan fingerprint density at radius 3 is 2.33 bits per heavy atom. The molecular weight excluding hydrogens is 218 g/mol. The maximum Gasteiger partial charge on any atom is -0.000824 e. The predicted octanol–water partition coefficient (Wildman–Crippen LogP) is 3.96. The van der Waals surface area contributed by atoms with E-state index in [4.69, 9.17) is 0 Å². The molecule has 0 heterocycles. The molecule has 0 amide bonds. The van der Waals surface area contributed by atoms with Crippen LogP contribution in [0.1, 0.15) is 50.2 Å². The van der Waals surface area contributed by atoms with E-state index in [9.17, 15) is 0 Å². The molecule has 0 bridgehead atoms. The lowest BCUT2D eigenvalue weighted by atomic mass is 9.89. The topological polar surface area (TPSA) is 12.0 Å². The van der Waals surface area contributed by atoms with Crippen molar-refractivity contribution in [2.45, 2.75) is 51.9 Å². The highest BCUT2D eigenvalue weighted by Gasteiger charge is 2.12. The van der Waals surface area contributed by atoms with Gasteiger partial charge in [-0.3, -0.25) is 0 Å². The van der Waals surface area contributed by atoms with Gasteiger partial charge in [0.2, 0.25) is 0 Å². The van der Waals surface area contributed by atoms with Crippen molar-refractivity contribution in [3.05, 3.63) is 35.4 Å². The van der Waals surface area contributed by atoms with Crippen molar-refractivity contribution in [1.82, 2.24) is 5.32 Å². The minimum Gasteiger partial charge on any atom is -0.316 e. The highest BCUT2D eigenvalue weighted by Crippen LogP contribution is 2.22. The Labute approximate surface area is 112 Å². The van der Waals surface area contributed by atoms with Crippen molar-refractivity contribution in [2.24, 2.45) is 5.92 Å². The fourth-order valence-electron chi connectivity index (χ4n) is 2.87. The van der Waals surface area contributed by atoms with Crippen LogP contribution in [0, 0.1) is 5.92 Å². The third-order valence-electron chi connectivity index (χ3n) is 4.18. The highest BCUT2D eigenvalue weighted by atomic mass is 14.9. The average Bonchev–Trinajstić information content (AvgIpc) is 2.45. The van der Waals surface area contributed by atoms with Crippen molar-refractivity contribution in [3.63, 3.8) is 0 Å². The first-order chi connectivity index (χ1) is 8.88. The molecule has 1 aliphatic carbocycles. The summed E-state index contributed by atoms with van der Waals surface area (Å²) in [5.41, 5.74) is 2.90. The van der Waals surface area contributed by atoms with Gasteiger partial charge >= 0.3 is 0 Å². The molecule has 1 aromatic rings. The minimum absolute atomic E-state index is 0.946. The maximum atomic E-state index is 3.63. The molecule has 0 unspecified atom stereocenters. The average molecular weight is 245 g/mol. The van der Waals surface area contributed by atoms with Gasteiger partial charge in [-0.15, -0.1) is 0 Å². The Balaban J connectivity index is 1.62. The highest BCUT2D eigenvalue weighted by molar-refractivity contribution is 5.22. The minimum atomic E-state index is 0.946. The van der Waals surface area contributed by atoms with Crippen molar-refractivity contribution in [2.75, 3.05) is 13.1 Å². The summed E-state index contributed by atoms with van der Waals surface area (Å²) in [6.45, 7) is 4.57. The SMILES string of the molecule is CCc1ccc(CCNCC2CCCCC2)cc1. The van der Waals surface area contributed by atoms with Crippen LogP contribution in [0.15, 0.2) is 24.3 Å². The lowest BCUT2D eigenvalue weighted by Gasteiger charge is -2.21. The molecule has 0 aromatic heterocycles. The molecule has 18 heavy (non-hydrogen) atoms. The molecule has 100 valence electrons. The summed E-state index contributed by atoms with van der Waals surface area (Å²) in [5.74, 6) is 0.946. The summed E-state index contributed by atoms with van der Waals surface area (Å²) >= 11 is 0. The van der Waals surface area contributed by atoms with Crippen LogP contribution >= 0.6 is 0 Å². The zero-order chi connectivity index (χ0) is 12.6. The Kier molecular flexibility index (Phi) is 5.73. The second kappa shape index (κ2) is 7.58. The number of hydrogen-bond acceptors (Lipinski definition) is 1. The first-order valence-corrected chi connectivity index (χ1v) is 7.67. The molecule has 0 aliphatic heterocycles. The molecule has 1 nitrogen and oxygen atoms in total. The summed E-state index contributed by atoms with van der Waals surface area (Å²) < 4.78 is 0. The first-order valence-electron chi connectivity index (χ1n) is 7.67. The zero-order valence-corrected chi connectivity index (χ0v) is 11.8. The van der Waals surface area contributed by atoms with Gasteiger partial charge in [-0.2, -0.15) is 0 Å². The van der Waals surface area contributed by atoms with E-state index in [0.717, 1.165) is 25.3 Å². The zero-order valence-electron chi connectivity index (χ0n) is 11.8. The summed E-state index contributed by atoms with van der Waals surface area (Å²) in [4.78, 5) is 0. The molecule has 0 spiro atoms. The van der Waals surface area contributed by atoms with Crippen LogP contribution in [-0.4, -0.2) is 13.1 Å². The predicted molar refractivity (Wildman–Crippen MR) is 79.0 cm³/mol. The van der Waals surface area contributed by atoms with Gasteiger partial charge in [0.25, 0.3) is 0 Å². The molecule has 1 saturated carbocycles. The monoisotopic (exact) mass is 245 g/mol. The van der Waals surface area contributed by atoms with Crippen LogP contribution < -0.4 is 5.32 Å². The van der Waals surface area contributed by atoms with Gasteiger partial charge in [-0.05, 0) is 55.8 Å². The second-order valence-corrected chi connectivity index (χ2v) is 5.63. The van der Waals surface area contributed by atoms with Gasteiger partial charge in [-0.1, -0.05) is 50.5 Å². The van der Waals surface area contributed by atoms with E-state index >= 15 is 0 Å². The first kappa shape index (κ1) is 13.6. The Morgan fingerprint density at radius 1 is 1.00 bits per heavy atom. The molecule has 1 aromatic carbocycles. The molecule has 1 aliphatic rings. The summed E-state index contributed by atoms with van der Waals surface area (Å²) in [5, 5.41) is 3.63. The number of nitrogens with one attached hydrogen (secondary N) is 1. The lowest BCUT2D eigenvalue weighted by Crippen LogP contribution is -2.26. The van der Waals surface area contributed by atoms with Gasteiger partial charge in [0, 0.05) is 0 Å². The Bertz CT molecular complexity index is 322. The molecular formula is C17H27N. The lowest BCUT2D eigenvalue weighted by molar-refractivity contribution is 0.343. The smallest absolute Gasteiger partial charge is 0.000824 e. The fraction of sp³-hybridized carbons (Fsp3) is 0.647. The van der Waals surface area contributed by atoms with E-state index in [1.807, 2.05) is 0 Å². The number of rotatable bonds is 6. The van der Waals surface area contributed by atoms with E-state index < -0.39 is 0 Å². The largest absolute Gasteiger partial charge is 0.316 e. The van der Waals surface area contributed by atoms with Crippen LogP contribution in [0.3, 0.4) is 0 Å². The molecule has 1 N–H and O–H groups in total. The Morgan fingerprint density at radius 2 is 1.67 bits per heavy atom. The molecule has 2 rings (SSSR count). The normalized spacial score (nSPS) is 16.9. The Hall–Kier alpha value is -0.820. The fourth-order valence-corrected chi connectivity index (χ4v) is 2.87. The summed E-state index contributed by atoms with van der Waals surface area (Å²) in [6, 6.07) is 9.08. The van der Waals surface area contributed by atoms with Gasteiger partial charge in [0.1, 0.15) is 0 Å². The van der Waals surface area contributed by atoms with Crippen LogP contribution in [0.5, 0.6) is 0 Å². The summed E-state index contributed by atoms with van der Waals surface area (Å²) in [6.07, 6.45) is 9.54. The maximum absolute atomic E-state index is 3.63. The van der Waals surface area contributed by atoms with Gasteiger partial charge in [0.05, 0.1) is 0 Å². The second-order valence-electron chi connectivity index (χ2n) is 5.63. The van der Waals surface area contributed by atoms with Crippen LogP contribution in [-0.2, 0) is 12.8 Å². The van der Waals surface area contributed by atoms with Crippen molar-refractivity contribution in [1.29, 1.82) is 0 Å². The van der Waals surface area contributed by atoms with Gasteiger partial charge in [-0.25, -0.2) is 0 Å². The van der Waals surface area contributed by atoms with Crippen molar-refractivity contribution >= 4 is 0 Å². The van der Waals surface area contributed by atoms with Gasteiger partial charge < -0.3 is 5.32 Å². The van der Waals surface area contributed by atoms with E-state index in [1.54, 1.807) is 0 Å². The van der Waals surface area contributed by atoms with E-state index in [1.165, 1.54) is 49.8 Å². The van der Waals surface area contributed by atoms with Crippen LogP contribution in [0.25, 0.3) is 0 Å². The number of aryl methyl sites for hydroxylation is 1. The number of hydrogen-bond donors (Lipinski definition) is 1. The van der Waals surface area contributed by atoms with Gasteiger partial charge in [0.15, 0.2) is 0 Å². The molecule has 0 atom stereocenters. The number of benzene rings is 1. The van der Waals surface area contributed by atoms with Crippen LogP contribution in [0.2, 0.25) is 0 Å².